The van der Waals surface area contributed by atoms with Gasteiger partial charge in [-0.15, -0.1) is 10.2 Å². The highest BCUT2D eigenvalue weighted by molar-refractivity contribution is 8.01. The molecule has 0 spiro atoms. The van der Waals surface area contributed by atoms with Crippen LogP contribution in [0.1, 0.15) is 5.56 Å². The Labute approximate surface area is 149 Å². The number of aromatic nitrogens is 2. The first kappa shape index (κ1) is 16.8. The highest BCUT2D eigenvalue weighted by Gasteiger charge is 2.18. The highest BCUT2D eigenvalue weighted by Crippen LogP contribution is 2.38. The van der Waals surface area contributed by atoms with Gasteiger partial charge in [-0.1, -0.05) is 23.5 Å². The molecular weight excluding hydrogens is 365 g/mol. The number of para-hydroxylation sites is 1. The number of nitro benzene ring substituents is 1. The zero-order valence-electron chi connectivity index (χ0n) is 12.3. The van der Waals surface area contributed by atoms with E-state index in [2.05, 4.69) is 15.5 Å². The predicted octanol–water partition coefficient (Wildman–Crippen LogP) is 4.35. The number of nitrogens with zero attached hydrogens (tertiary/aromatic N) is 4. The van der Waals surface area contributed by atoms with Crippen molar-refractivity contribution in [1.29, 1.82) is 5.26 Å². The molecule has 0 aliphatic rings. The molecule has 7 nitrogen and oxygen atoms in total. The van der Waals surface area contributed by atoms with Crippen molar-refractivity contribution in [1.82, 2.24) is 10.2 Å². The Morgan fingerprint density at radius 1 is 1.28 bits per heavy atom. The van der Waals surface area contributed by atoms with Crippen molar-refractivity contribution in [3.05, 3.63) is 64.0 Å². The zero-order valence-corrected chi connectivity index (χ0v) is 14.0. The minimum atomic E-state index is -0.525. The smallest absolute Gasteiger partial charge is 0.283 e. The van der Waals surface area contributed by atoms with Crippen molar-refractivity contribution < 1.29 is 9.31 Å². The third kappa shape index (κ3) is 3.90. The van der Waals surface area contributed by atoms with Crippen LogP contribution in [-0.2, 0) is 0 Å². The molecule has 0 radical (unpaired) electrons. The Kier molecular flexibility index (Phi) is 4.87. The monoisotopic (exact) mass is 373 g/mol. The van der Waals surface area contributed by atoms with Crippen LogP contribution in [0.3, 0.4) is 0 Å². The van der Waals surface area contributed by atoms with Crippen LogP contribution in [0.25, 0.3) is 0 Å². The van der Waals surface area contributed by atoms with E-state index in [0.29, 0.717) is 15.0 Å². The molecule has 0 aliphatic heterocycles. The molecule has 0 saturated heterocycles. The quantitative estimate of drug-likeness (QED) is 0.523. The van der Waals surface area contributed by atoms with Crippen LogP contribution in [0, 0.1) is 27.3 Å². The Morgan fingerprint density at radius 3 is 2.80 bits per heavy atom. The van der Waals surface area contributed by atoms with Crippen LogP contribution in [0.2, 0.25) is 0 Å². The van der Waals surface area contributed by atoms with E-state index in [1.165, 1.54) is 24.3 Å². The molecule has 3 rings (SSSR count). The second-order valence-electron chi connectivity index (χ2n) is 4.63. The van der Waals surface area contributed by atoms with Crippen molar-refractivity contribution in [2.45, 2.75) is 9.24 Å². The normalized spacial score (nSPS) is 10.2. The van der Waals surface area contributed by atoms with E-state index in [9.17, 15) is 14.5 Å². The second kappa shape index (κ2) is 7.25. The number of nitrogens with one attached hydrogen (secondary N) is 1. The summed E-state index contributed by atoms with van der Waals surface area (Å²) in [7, 11) is 0. The van der Waals surface area contributed by atoms with E-state index in [1.54, 1.807) is 18.2 Å². The largest absolute Gasteiger partial charge is 0.328 e. The van der Waals surface area contributed by atoms with Gasteiger partial charge in [0.05, 0.1) is 27.1 Å². The number of hydrogen-bond donors (Lipinski definition) is 1. The molecule has 3 aromatic rings. The van der Waals surface area contributed by atoms with Gasteiger partial charge in [-0.25, -0.2) is 4.39 Å². The van der Waals surface area contributed by atoms with Gasteiger partial charge in [0, 0.05) is 6.07 Å². The molecule has 0 fully saturated rings. The zero-order chi connectivity index (χ0) is 17.8. The fourth-order valence-electron chi connectivity index (χ4n) is 1.89. The first-order chi connectivity index (χ1) is 12.1. The summed E-state index contributed by atoms with van der Waals surface area (Å²) in [5.41, 5.74) is 0.442. The molecule has 10 heteroatoms. The summed E-state index contributed by atoms with van der Waals surface area (Å²) in [6, 6.07) is 12.2. The van der Waals surface area contributed by atoms with E-state index in [0.717, 1.165) is 23.1 Å². The van der Waals surface area contributed by atoms with Crippen molar-refractivity contribution in [3.8, 4) is 6.07 Å². The number of anilines is 2. The second-order valence-corrected chi connectivity index (χ2v) is 6.90. The summed E-state index contributed by atoms with van der Waals surface area (Å²) >= 11 is 2.15. The molecule has 124 valence electrons. The summed E-state index contributed by atoms with van der Waals surface area (Å²) in [5, 5.41) is 31.1. The summed E-state index contributed by atoms with van der Waals surface area (Å²) < 4.78 is 14.1. The highest BCUT2D eigenvalue weighted by atomic mass is 32.2. The van der Waals surface area contributed by atoms with Crippen molar-refractivity contribution in [2.24, 2.45) is 0 Å². The van der Waals surface area contributed by atoms with Gasteiger partial charge in [-0.3, -0.25) is 10.1 Å². The first-order valence-electron chi connectivity index (χ1n) is 6.78. The standard InChI is InChI=1S/C15H8FN5O2S2/c16-10-3-1-2-4-11(10)18-14-19-20-15(25-14)24-13-7-9(8-17)5-6-12(13)21(22)23/h1-7H,(H,18,19). The number of nitro groups is 1. The topological polar surface area (TPSA) is 105 Å². The Balaban J connectivity index is 1.83. The Morgan fingerprint density at radius 2 is 2.08 bits per heavy atom. The molecule has 1 N–H and O–H groups in total. The summed E-state index contributed by atoms with van der Waals surface area (Å²) in [4.78, 5) is 10.9. The van der Waals surface area contributed by atoms with E-state index in [1.807, 2.05) is 6.07 Å². The third-order valence-electron chi connectivity index (χ3n) is 3.00. The molecule has 0 unspecified atom stereocenters. The SMILES string of the molecule is N#Cc1ccc([N+](=O)[O-])c(Sc2nnc(Nc3ccccc3F)s2)c1. The first-order valence-corrected chi connectivity index (χ1v) is 8.41. The van der Waals surface area contributed by atoms with Gasteiger partial charge in [0.25, 0.3) is 5.69 Å². The molecule has 0 atom stereocenters. The number of benzene rings is 2. The molecule has 0 saturated carbocycles. The molecule has 1 heterocycles. The number of halogens is 1. The Hall–Kier alpha value is -3.03. The van der Waals surface area contributed by atoms with Gasteiger partial charge in [0.2, 0.25) is 5.13 Å². The Bertz CT molecular complexity index is 986. The average molecular weight is 373 g/mol. The van der Waals surface area contributed by atoms with Crippen LogP contribution < -0.4 is 5.32 Å². The minimum absolute atomic E-state index is 0.122. The van der Waals surface area contributed by atoms with E-state index in [4.69, 9.17) is 5.26 Å². The number of nitriles is 1. The lowest BCUT2D eigenvalue weighted by Crippen LogP contribution is -1.92. The number of hydrogen-bond acceptors (Lipinski definition) is 8. The summed E-state index contributed by atoms with van der Waals surface area (Å²) in [5.74, 6) is -0.427. The molecule has 25 heavy (non-hydrogen) atoms. The van der Waals surface area contributed by atoms with Crippen molar-refractivity contribution >= 4 is 39.6 Å². The maximum Gasteiger partial charge on any atom is 0.283 e. The molecule has 0 aliphatic carbocycles. The predicted molar refractivity (Wildman–Crippen MR) is 91.5 cm³/mol. The maximum atomic E-state index is 13.6. The molecule has 0 amide bonds. The van der Waals surface area contributed by atoms with Crippen LogP contribution in [0.5, 0.6) is 0 Å². The fourth-order valence-corrected chi connectivity index (χ4v) is 3.75. The van der Waals surface area contributed by atoms with E-state index in [-0.39, 0.29) is 16.3 Å². The summed E-state index contributed by atoms with van der Waals surface area (Å²) in [6.07, 6.45) is 0. The van der Waals surface area contributed by atoms with Gasteiger partial charge in [0.15, 0.2) is 4.34 Å². The van der Waals surface area contributed by atoms with Gasteiger partial charge < -0.3 is 5.32 Å². The van der Waals surface area contributed by atoms with E-state index < -0.39 is 10.7 Å². The molecule has 0 bridgehead atoms. The molecule has 1 aromatic heterocycles. The third-order valence-corrected chi connectivity index (χ3v) is 4.94. The summed E-state index contributed by atoms with van der Waals surface area (Å²) in [6.45, 7) is 0. The minimum Gasteiger partial charge on any atom is -0.328 e. The lowest BCUT2D eigenvalue weighted by Gasteiger charge is -2.02. The van der Waals surface area contributed by atoms with Gasteiger partial charge in [-0.05, 0) is 36.0 Å². The molecular formula is C15H8FN5O2S2. The van der Waals surface area contributed by atoms with Crippen LogP contribution in [0.4, 0.5) is 20.9 Å². The van der Waals surface area contributed by atoms with Crippen molar-refractivity contribution in [3.63, 3.8) is 0 Å². The number of rotatable bonds is 5. The van der Waals surface area contributed by atoms with Crippen LogP contribution >= 0.6 is 23.1 Å². The van der Waals surface area contributed by atoms with Gasteiger partial charge >= 0.3 is 0 Å². The molecule has 2 aromatic carbocycles. The van der Waals surface area contributed by atoms with Crippen LogP contribution in [-0.4, -0.2) is 15.1 Å². The van der Waals surface area contributed by atoms with Crippen molar-refractivity contribution in [2.75, 3.05) is 5.32 Å². The van der Waals surface area contributed by atoms with Gasteiger partial charge in [0.1, 0.15) is 5.82 Å². The lowest BCUT2D eigenvalue weighted by molar-refractivity contribution is -0.387. The maximum absolute atomic E-state index is 13.6. The van der Waals surface area contributed by atoms with Gasteiger partial charge in [-0.2, -0.15) is 5.26 Å². The van der Waals surface area contributed by atoms with Crippen LogP contribution in [0.15, 0.2) is 51.7 Å². The fraction of sp³-hybridized carbons (Fsp3) is 0. The van der Waals surface area contributed by atoms with E-state index >= 15 is 0 Å². The average Bonchev–Trinajstić information content (AvgIpc) is 3.03. The lowest BCUT2D eigenvalue weighted by atomic mass is 10.2.